The number of pyridine rings is 1. The molecule has 3 rings (SSSR count). The molecule has 19 heavy (non-hydrogen) atoms. The molecule has 1 aliphatic carbocycles. The van der Waals surface area contributed by atoms with Crippen LogP contribution in [0.4, 0.5) is 4.39 Å². The number of aromatic hydroxyl groups is 1. The van der Waals surface area contributed by atoms with E-state index in [4.69, 9.17) is 0 Å². The normalized spacial score (nSPS) is 13.6. The maximum absolute atomic E-state index is 14.0. The lowest BCUT2D eigenvalue weighted by atomic mass is 9.97. The zero-order chi connectivity index (χ0) is 13.6. The third kappa shape index (κ3) is 1.98. The summed E-state index contributed by atoms with van der Waals surface area (Å²) in [6.07, 6.45) is 2.22. The Balaban J connectivity index is 2.32. The Kier molecular flexibility index (Phi) is 2.93. The molecule has 0 amide bonds. The quantitative estimate of drug-likeness (QED) is 0.876. The standard InChI is InChI=1S/C14H11BrFNO2/c15-10-4-5-12(11(16)7-10)17-13(18)8-2-1-3-9(6-8)14(17)19/h4-7,18H,1-3H2. The van der Waals surface area contributed by atoms with Crippen LogP contribution in [0.2, 0.25) is 0 Å². The van der Waals surface area contributed by atoms with Crippen molar-refractivity contribution in [2.24, 2.45) is 0 Å². The summed E-state index contributed by atoms with van der Waals surface area (Å²) in [5, 5.41) is 10.2. The maximum atomic E-state index is 14.0. The first kappa shape index (κ1) is 12.4. The molecule has 0 aliphatic heterocycles. The topological polar surface area (TPSA) is 42.2 Å². The summed E-state index contributed by atoms with van der Waals surface area (Å²) >= 11 is 3.17. The number of hydrogen-bond donors (Lipinski definition) is 1. The first-order chi connectivity index (χ1) is 9.08. The van der Waals surface area contributed by atoms with Crippen molar-refractivity contribution in [2.45, 2.75) is 19.3 Å². The Morgan fingerprint density at radius 1 is 1.21 bits per heavy atom. The van der Waals surface area contributed by atoms with Crippen LogP contribution in [0.3, 0.4) is 0 Å². The van der Waals surface area contributed by atoms with Gasteiger partial charge in [0.05, 0.1) is 5.69 Å². The summed E-state index contributed by atoms with van der Waals surface area (Å²) < 4.78 is 15.6. The molecular weight excluding hydrogens is 313 g/mol. The van der Waals surface area contributed by atoms with Crippen molar-refractivity contribution in [3.63, 3.8) is 0 Å². The van der Waals surface area contributed by atoms with Crippen LogP contribution in [0.5, 0.6) is 5.88 Å². The second kappa shape index (κ2) is 4.49. The Labute approximate surface area is 117 Å². The summed E-state index contributed by atoms with van der Waals surface area (Å²) in [6.45, 7) is 0. The lowest BCUT2D eigenvalue weighted by Crippen LogP contribution is -2.26. The lowest BCUT2D eigenvalue weighted by Gasteiger charge is -2.18. The highest BCUT2D eigenvalue weighted by Crippen LogP contribution is 2.27. The van der Waals surface area contributed by atoms with E-state index in [1.165, 1.54) is 12.1 Å². The predicted molar refractivity (Wildman–Crippen MR) is 73.4 cm³/mol. The summed E-state index contributed by atoms with van der Waals surface area (Å²) in [5.74, 6) is -0.704. The predicted octanol–water partition coefficient (Wildman–Crippen LogP) is 2.93. The second-order valence-electron chi connectivity index (χ2n) is 4.61. The molecule has 5 heteroatoms. The van der Waals surface area contributed by atoms with E-state index in [1.54, 1.807) is 12.1 Å². The molecule has 2 bridgehead atoms. The number of aryl methyl sites for hydroxylation is 2. The highest BCUT2D eigenvalue weighted by molar-refractivity contribution is 9.10. The van der Waals surface area contributed by atoms with Crippen LogP contribution in [0.25, 0.3) is 5.69 Å². The summed E-state index contributed by atoms with van der Waals surface area (Å²) in [5.41, 5.74) is 1.06. The van der Waals surface area contributed by atoms with Gasteiger partial charge >= 0.3 is 0 Å². The fourth-order valence-corrected chi connectivity index (χ4v) is 2.77. The Bertz CT molecular complexity index is 724. The minimum absolute atomic E-state index is 0.0794. The van der Waals surface area contributed by atoms with Crippen molar-refractivity contribution in [1.82, 2.24) is 4.57 Å². The number of fused-ring (bicyclic) bond motifs is 2. The molecule has 0 fully saturated rings. The summed E-state index contributed by atoms with van der Waals surface area (Å²) in [6, 6.07) is 6.12. The van der Waals surface area contributed by atoms with Gasteiger partial charge in [-0.1, -0.05) is 15.9 Å². The van der Waals surface area contributed by atoms with Gasteiger partial charge < -0.3 is 5.11 Å². The molecule has 1 aromatic carbocycles. The largest absolute Gasteiger partial charge is 0.494 e. The van der Waals surface area contributed by atoms with E-state index in [2.05, 4.69) is 15.9 Å². The molecule has 0 unspecified atom stereocenters. The monoisotopic (exact) mass is 323 g/mol. The van der Waals surface area contributed by atoms with E-state index in [-0.39, 0.29) is 17.1 Å². The zero-order valence-corrected chi connectivity index (χ0v) is 11.6. The van der Waals surface area contributed by atoms with Gasteiger partial charge in [-0.15, -0.1) is 0 Å². The van der Waals surface area contributed by atoms with Crippen molar-refractivity contribution >= 4 is 15.9 Å². The first-order valence-corrected chi connectivity index (χ1v) is 6.79. The molecule has 1 aromatic heterocycles. The Morgan fingerprint density at radius 2 is 1.95 bits per heavy atom. The van der Waals surface area contributed by atoms with Crippen LogP contribution in [0.1, 0.15) is 17.5 Å². The summed E-state index contributed by atoms with van der Waals surface area (Å²) in [7, 11) is 0. The highest BCUT2D eigenvalue weighted by atomic mass is 79.9. The summed E-state index contributed by atoms with van der Waals surface area (Å²) in [4.78, 5) is 12.3. The smallest absolute Gasteiger partial charge is 0.261 e. The van der Waals surface area contributed by atoms with Gasteiger partial charge in [-0.2, -0.15) is 0 Å². The Morgan fingerprint density at radius 3 is 2.68 bits per heavy atom. The fourth-order valence-electron chi connectivity index (χ4n) is 2.44. The molecule has 0 radical (unpaired) electrons. The fraction of sp³-hybridized carbons (Fsp3) is 0.214. The molecule has 0 saturated heterocycles. The van der Waals surface area contributed by atoms with Crippen LogP contribution in [0.15, 0.2) is 33.5 Å². The molecule has 0 atom stereocenters. The number of nitrogens with zero attached hydrogens (tertiary/aromatic N) is 1. The van der Waals surface area contributed by atoms with Gasteiger partial charge in [0.15, 0.2) is 0 Å². The Hall–Kier alpha value is -1.62. The number of rotatable bonds is 1. The van der Waals surface area contributed by atoms with E-state index in [0.717, 1.165) is 11.0 Å². The van der Waals surface area contributed by atoms with E-state index in [9.17, 15) is 14.3 Å². The van der Waals surface area contributed by atoms with E-state index >= 15 is 0 Å². The molecule has 1 heterocycles. The van der Waals surface area contributed by atoms with Crippen LogP contribution in [-0.4, -0.2) is 9.67 Å². The number of aromatic nitrogens is 1. The van der Waals surface area contributed by atoms with E-state index < -0.39 is 5.82 Å². The van der Waals surface area contributed by atoms with Gasteiger partial charge in [0, 0.05) is 15.6 Å². The molecule has 2 aromatic rings. The van der Waals surface area contributed by atoms with Gasteiger partial charge in [-0.3, -0.25) is 4.79 Å². The maximum Gasteiger partial charge on any atom is 0.261 e. The van der Waals surface area contributed by atoms with Crippen molar-refractivity contribution in [1.29, 1.82) is 0 Å². The molecular formula is C14H11BrFNO2. The first-order valence-electron chi connectivity index (χ1n) is 6.00. The molecule has 3 nitrogen and oxygen atoms in total. The van der Waals surface area contributed by atoms with Gasteiger partial charge in [-0.25, -0.2) is 8.96 Å². The third-order valence-electron chi connectivity index (χ3n) is 3.37. The number of benzene rings is 1. The van der Waals surface area contributed by atoms with E-state index in [1.807, 2.05) is 0 Å². The van der Waals surface area contributed by atoms with Crippen molar-refractivity contribution in [2.75, 3.05) is 0 Å². The zero-order valence-electron chi connectivity index (χ0n) is 9.99. The van der Waals surface area contributed by atoms with Crippen molar-refractivity contribution in [3.8, 4) is 11.6 Å². The minimum Gasteiger partial charge on any atom is -0.494 e. The number of hydrogen-bond acceptors (Lipinski definition) is 2. The van der Waals surface area contributed by atoms with E-state index in [0.29, 0.717) is 28.4 Å². The highest BCUT2D eigenvalue weighted by Gasteiger charge is 2.20. The van der Waals surface area contributed by atoms with Crippen LogP contribution in [0, 0.1) is 5.82 Å². The molecule has 0 spiro atoms. The second-order valence-corrected chi connectivity index (χ2v) is 5.52. The van der Waals surface area contributed by atoms with Gasteiger partial charge in [0.2, 0.25) is 5.88 Å². The molecule has 0 saturated carbocycles. The molecule has 1 aliphatic rings. The van der Waals surface area contributed by atoms with Gasteiger partial charge in [0.25, 0.3) is 5.56 Å². The van der Waals surface area contributed by atoms with Crippen molar-refractivity contribution in [3.05, 3.63) is 56.0 Å². The average Bonchev–Trinajstić information content (AvgIpc) is 2.40. The van der Waals surface area contributed by atoms with Crippen LogP contribution < -0.4 is 5.56 Å². The van der Waals surface area contributed by atoms with Gasteiger partial charge in [-0.05, 0) is 43.5 Å². The average molecular weight is 324 g/mol. The number of halogens is 2. The minimum atomic E-state index is -0.546. The van der Waals surface area contributed by atoms with Crippen LogP contribution >= 0.6 is 15.9 Å². The molecule has 98 valence electrons. The molecule has 1 N–H and O–H groups in total. The lowest BCUT2D eigenvalue weighted by molar-refractivity contribution is 0.420. The van der Waals surface area contributed by atoms with Crippen LogP contribution in [-0.2, 0) is 12.8 Å². The SMILES string of the molecule is O=c1c2cc(c(O)n1-c1ccc(Br)cc1F)CCC2. The third-order valence-corrected chi connectivity index (χ3v) is 3.86. The van der Waals surface area contributed by atoms with Crippen molar-refractivity contribution < 1.29 is 9.50 Å². The van der Waals surface area contributed by atoms with Gasteiger partial charge in [0.1, 0.15) is 5.82 Å².